The fraction of sp³-hybridized carbons (Fsp3) is 0.857. The number of likely N-dealkylation sites (tertiary alicyclic amines) is 1. The fourth-order valence-electron chi connectivity index (χ4n) is 2.89. The quantitative estimate of drug-likeness (QED) is 0.783. The third-order valence-corrected chi connectivity index (χ3v) is 4.00. The van der Waals surface area contributed by atoms with Crippen LogP contribution in [0.2, 0.25) is 0 Å². The monoisotopic (exact) mass is 267 g/mol. The second-order valence-corrected chi connectivity index (χ2v) is 5.85. The number of piperazine rings is 1. The highest BCUT2D eigenvalue weighted by atomic mass is 16.2. The maximum atomic E-state index is 12.5. The number of carbonyl (C=O) groups excluding carboxylic acids is 2. The summed E-state index contributed by atoms with van der Waals surface area (Å²) < 4.78 is 0. The van der Waals surface area contributed by atoms with E-state index in [4.69, 9.17) is 0 Å². The molecule has 0 aliphatic carbocycles. The Morgan fingerprint density at radius 2 is 1.79 bits per heavy atom. The van der Waals surface area contributed by atoms with Gasteiger partial charge in [-0.2, -0.15) is 0 Å². The maximum Gasteiger partial charge on any atom is 0.227 e. The van der Waals surface area contributed by atoms with Crippen LogP contribution in [0.3, 0.4) is 0 Å². The summed E-state index contributed by atoms with van der Waals surface area (Å²) in [7, 11) is 0. The standard InChI is InChI=1S/C14H25N3O2/c1-11(2)13(18)17-7-3-4-12(10-17)14(19)16-8-5-15-6-9-16/h11-12,15H,3-10H2,1-2H3. The molecule has 0 aromatic rings. The average molecular weight is 267 g/mol. The predicted octanol–water partition coefficient (Wildman–Crippen LogP) is 0.313. The third kappa shape index (κ3) is 3.47. The minimum absolute atomic E-state index is 0.00884. The number of hydrogen-bond acceptors (Lipinski definition) is 3. The lowest BCUT2D eigenvalue weighted by Crippen LogP contribution is -2.52. The molecule has 2 saturated heterocycles. The Labute approximate surface area is 115 Å². The summed E-state index contributed by atoms with van der Waals surface area (Å²) in [6.07, 6.45) is 1.87. The van der Waals surface area contributed by atoms with Crippen LogP contribution in [0.5, 0.6) is 0 Å². The topological polar surface area (TPSA) is 52.7 Å². The lowest BCUT2D eigenvalue weighted by molar-refractivity contribution is -0.142. The van der Waals surface area contributed by atoms with E-state index in [0.717, 1.165) is 45.6 Å². The van der Waals surface area contributed by atoms with Gasteiger partial charge in [0.15, 0.2) is 0 Å². The number of rotatable bonds is 2. The Balaban J connectivity index is 1.92. The normalized spacial score (nSPS) is 24.7. The molecule has 1 atom stereocenters. The highest BCUT2D eigenvalue weighted by Gasteiger charge is 2.32. The van der Waals surface area contributed by atoms with Gasteiger partial charge in [0.2, 0.25) is 11.8 Å². The molecule has 5 heteroatoms. The lowest BCUT2D eigenvalue weighted by atomic mass is 9.95. The van der Waals surface area contributed by atoms with Crippen molar-refractivity contribution in [3.8, 4) is 0 Å². The summed E-state index contributed by atoms with van der Waals surface area (Å²) in [5.74, 6) is 0.447. The van der Waals surface area contributed by atoms with Gasteiger partial charge in [-0.05, 0) is 12.8 Å². The summed E-state index contributed by atoms with van der Waals surface area (Å²) in [6.45, 7) is 8.62. The summed E-state index contributed by atoms with van der Waals surface area (Å²) in [5, 5.41) is 3.26. The zero-order chi connectivity index (χ0) is 13.8. The number of carbonyl (C=O) groups is 2. The Hall–Kier alpha value is -1.10. The van der Waals surface area contributed by atoms with Crippen LogP contribution in [0, 0.1) is 11.8 Å². The van der Waals surface area contributed by atoms with Crippen LogP contribution in [0.4, 0.5) is 0 Å². The van der Waals surface area contributed by atoms with Gasteiger partial charge in [-0.1, -0.05) is 13.8 Å². The molecule has 2 heterocycles. The van der Waals surface area contributed by atoms with Gasteiger partial charge in [-0.15, -0.1) is 0 Å². The van der Waals surface area contributed by atoms with Crippen molar-refractivity contribution in [1.29, 1.82) is 0 Å². The van der Waals surface area contributed by atoms with Crippen LogP contribution in [0.15, 0.2) is 0 Å². The first-order chi connectivity index (χ1) is 9.09. The van der Waals surface area contributed by atoms with Crippen LogP contribution in [-0.2, 0) is 9.59 Å². The van der Waals surface area contributed by atoms with E-state index in [9.17, 15) is 9.59 Å². The molecular weight excluding hydrogens is 242 g/mol. The molecule has 2 fully saturated rings. The van der Waals surface area contributed by atoms with E-state index in [2.05, 4.69) is 5.32 Å². The summed E-state index contributed by atoms with van der Waals surface area (Å²) in [6, 6.07) is 0. The molecule has 0 bridgehead atoms. The first-order valence-electron chi connectivity index (χ1n) is 7.38. The fourth-order valence-corrected chi connectivity index (χ4v) is 2.89. The molecule has 0 saturated carbocycles. The smallest absolute Gasteiger partial charge is 0.227 e. The molecule has 2 amide bonds. The van der Waals surface area contributed by atoms with Crippen molar-refractivity contribution in [2.45, 2.75) is 26.7 Å². The Bertz CT molecular complexity index is 338. The minimum Gasteiger partial charge on any atom is -0.342 e. The third-order valence-electron chi connectivity index (χ3n) is 4.00. The second kappa shape index (κ2) is 6.37. The molecule has 1 N–H and O–H groups in total. The van der Waals surface area contributed by atoms with Crippen LogP contribution < -0.4 is 5.32 Å². The lowest BCUT2D eigenvalue weighted by Gasteiger charge is -2.37. The van der Waals surface area contributed by atoms with Gasteiger partial charge >= 0.3 is 0 Å². The average Bonchev–Trinajstić information content (AvgIpc) is 2.46. The van der Waals surface area contributed by atoms with Gasteiger partial charge in [0.1, 0.15) is 0 Å². The number of hydrogen-bond donors (Lipinski definition) is 1. The summed E-state index contributed by atoms with van der Waals surface area (Å²) in [5.41, 5.74) is 0. The summed E-state index contributed by atoms with van der Waals surface area (Å²) in [4.78, 5) is 28.3. The zero-order valence-electron chi connectivity index (χ0n) is 12.0. The molecule has 0 aromatic carbocycles. The van der Waals surface area contributed by atoms with Crippen molar-refractivity contribution < 1.29 is 9.59 Å². The van der Waals surface area contributed by atoms with Crippen LogP contribution >= 0.6 is 0 Å². The van der Waals surface area contributed by atoms with E-state index in [1.165, 1.54) is 0 Å². The molecule has 0 spiro atoms. The first-order valence-corrected chi connectivity index (χ1v) is 7.38. The molecule has 2 rings (SSSR count). The molecule has 19 heavy (non-hydrogen) atoms. The van der Waals surface area contributed by atoms with E-state index in [-0.39, 0.29) is 23.7 Å². The van der Waals surface area contributed by atoms with E-state index < -0.39 is 0 Å². The van der Waals surface area contributed by atoms with Gasteiger partial charge in [-0.3, -0.25) is 9.59 Å². The molecule has 2 aliphatic heterocycles. The highest BCUT2D eigenvalue weighted by Crippen LogP contribution is 2.20. The Morgan fingerprint density at radius 3 is 2.42 bits per heavy atom. The molecule has 1 unspecified atom stereocenters. The van der Waals surface area contributed by atoms with Crippen LogP contribution in [0.25, 0.3) is 0 Å². The number of amides is 2. The first kappa shape index (κ1) is 14.3. The van der Waals surface area contributed by atoms with Gasteiger partial charge in [-0.25, -0.2) is 0 Å². The SMILES string of the molecule is CC(C)C(=O)N1CCCC(C(=O)N2CCNCC2)C1. The number of nitrogens with one attached hydrogen (secondary N) is 1. The van der Waals surface area contributed by atoms with E-state index in [0.29, 0.717) is 6.54 Å². The van der Waals surface area contributed by atoms with Crippen molar-refractivity contribution in [1.82, 2.24) is 15.1 Å². The van der Waals surface area contributed by atoms with Crippen molar-refractivity contribution in [2.24, 2.45) is 11.8 Å². The molecule has 108 valence electrons. The predicted molar refractivity (Wildman–Crippen MR) is 73.6 cm³/mol. The van der Waals surface area contributed by atoms with Gasteiger partial charge in [0.25, 0.3) is 0 Å². The molecule has 0 aromatic heterocycles. The maximum absolute atomic E-state index is 12.5. The summed E-state index contributed by atoms with van der Waals surface area (Å²) >= 11 is 0. The molecule has 5 nitrogen and oxygen atoms in total. The second-order valence-electron chi connectivity index (χ2n) is 5.85. The van der Waals surface area contributed by atoms with Crippen molar-refractivity contribution in [3.63, 3.8) is 0 Å². The van der Waals surface area contributed by atoms with Gasteiger partial charge in [0.05, 0.1) is 5.92 Å². The van der Waals surface area contributed by atoms with E-state index in [1.807, 2.05) is 23.6 Å². The van der Waals surface area contributed by atoms with Gasteiger partial charge < -0.3 is 15.1 Å². The Kier molecular flexibility index (Phi) is 4.80. The highest BCUT2D eigenvalue weighted by molar-refractivity contribution is 5.82. The minimum atomic E-state index is 0.00884. The van der Waals surface area contributed by atoms with Crippen LogP contribution in [0.1, 0.15) is 26.7 Å². The van der Waals surface area contributed by atoms with E-state index >= 15 is 0 Å². The van der Waals surface area contributed by atoms with Crippen LogP contribution in [-0.4, -0.2) is 60.9 Å². The number of piperidine rings is 1. The molecule has 2 aliphatic rings. The largest absolute Gasteiger partial charge is 0.342 e. The Morgan fingerprint density at radius 1 is 1.11 bits per heavy atom. The van der Waals surface area contributed by atoms with Gasteiger partial charge in [0, 0.05) is 45.2 Å². The van der Waals surface area contributed by atoms with E-state index in [1.54, 1.807) is 0 Å². The van der Waals surface area contributed by atoms with Crippen molar-refractivity contribution in [2.75, 3.05) is 39.3 Å². The number of nitrogens with zero attached hydrogens (tertiary/aromatic N) is 2. The molecule has 0 radical (unpaired) electrons. The molecular formula is C14H25N3O2. The zero-order valence-corrected chi connectivity index (χ0v) is 12.0. The van der Waals surface area contributed by atoms with Crippen molar-refractivity contribution >= 4 is 11.8 Å². The van der Waals surface area contributed by atoms with Crippen molar-refractivity contribution in [3.05, 3.63) is 0 Å².